The normalized spacial score (nSPS) is 11.9. The highest BCUT2D eigenvalue weighted by Crippen LogP contribution is 2.29. The predicted octanol–water partition coefficient (Wildman–Crippen LogP) is 3.82. The summed E-state index contributed by atoms with van der Waals surface area (Å²) in [6, 6.07) is 12.7. The third-order valence-electron chi connectivity index (χ3n) is 4.21. The van der Waals surface area contributed by atoms with Gasteiger partial charge >= 0.3 is 5.97 Å². The van der Waals surface area contributed by atoms with Crippen molar-refractivity contribution < 1.29 is 19.1 Å². The number of amides is 1. The summed E-state index contributed by atoms with van der Waals surface area (Å²) in [6.45, 7) is 3.97. The van der Waals surface area contributed by atoms with Crippen molar-refractivity contribution in [2.75, 3.05) is 11.9 Å². The molecule has 8 nitrogen and oxygen atoms in total. The van der Waals surface area contributed by atoms with E-state index in [1.165, 1.54) is 24.5 Å². The molecular formula is C21H18N4O4S. The highest BCUT2D eigenvalue weighted by atomic mass is 32.1. The number of anilines is 1. The summed E-state index contributed by atoms with van der Waals surface area (Å²) in [6.07, 6.45) is 0.301. The van der Waals surface area contributed by atoms with Gasteiger partial charge in [0.1, 0.15) is 5.75 Å². The van der Waals surface area contributed by atoms with Crippen LogP contribution in [-0.4, -0.2) is 39.5 Å². The van der Waals surface area contributed by atoms with Crippen LogP contribution in [0.2, 0.25) is 0 Å². The Kier molecular flexibility index (Phi) is 5.53. The van der Waals surface area contributed by atoms with Crippen LogP contribution in [0.3, 0.4) is 0 Å². The molecule has 1 amide bonds. The number of esters is 1. The molecule has 30 heavy (non-hydrogen) atoms. The maximum atomic E-state index is 12.5. The maximum absolute atomic E-state index is 12.5. The van der Waals surface area contributed by atoms with Gasteiger partial charge in [-0.2, -0.15) is 0 Å². The summed E-state index contributed by atoms with van der Waals surface area (Å²) in [5, 5.41) is 3.10. The molecule has 0 bridgehead atoms. The lowest BCUT2D eigenvalue weighted by molar-refractivity contribution is -0.123. The molecule has 0 saturated heterocycles. The van der Waals surface area contributed by atoms with Crippen LogP contribution in [0.25, 0.3) is 21.3 Å². The van der Waals surface area contributed by atoms with Gasteiger partial charge < -0.3 is 9.47 Å². The van der Waals surface area contributed by atoms with Crippen LogP contribution in [0.4, 0.5) is 5.13 Å². The third-order valence-corrected chi connectivity index (χ3v) is 5.15. The number of para-hydroxylation sites is 2. The second-order valence-corrected chi connectivity index (χ2v) is 7.39. The molecule has 1 N–H and O–H groups in total. The molecule has 0 saturated carbocycles. The van der Waals surface area contributed by atoms with E-state index in [9.17, 15) is 9.59 Å². The van der Waals surface area contributed by atoms with Gasteiger partial charge in [-0.3, -0.25) is 15.1 Å². The van der Waals surface area contributed by atoms with E-state index in [1.54, 1.807) is 18.2 Å². The Hall–Kier alpha value is -3.59. The molecule has 1 unspecified atom stereocenters. The zero-order valence-corrected chi connectivity index (χ0v) is 17.1. The van der Waals surface area contributed by atoms with Gasteiger partial charge in [-0.1, -0.05) is 23.5 Å². The van der Waals surface area contributed by atoms with Gasteiger partial charge in [-0.15, -0.1) is 0 Å². The van der Waals surface area contributed by atoms with Crippen molar-refractivity contribution in [3.8, 4) is 5.75 Å². The molecular weight excluding hydrogens is 404 g/mol. The van der Waals surface area contributed by atoms with E-state index in [0.717, 1.165) is 16.0 Å². The molecule has 9 heteroatoms. The molecule has 0 aliphatic heterocycles. The SMILES string of the molecule is CCOc1ccc2nc(NC(=O)C(C)OC(=O)c3cnc4ccccc4n3)sc2c1. The monoisotopic (exact) mass is 422 g/mol. The van der Waals surface area contributed by atoms with E-state index >= 15 is 0 Å². The predicted molar refractivity (Wildman–Crippen MR) is 114 cm³/mol. The highest BCUT2D eigenvalue weighted by Gasteiger charge is 2.21. The molecule has 0 aliphatic carbocycles. The molecule has 0 aliphatic rings. The average Bonchev–Trinajstić information content (AvgIpc) is 3.15. The maximum Gasteiger partial charge on any atom is 0.359 e. The van der Waals surface area contributed by atoms with E-state index in [4.69, 9.17) is 9.47 Å². The first-order valence-electron chi connectivity index (χ1n) is 9.30. The van der Waals surface area contributed by atoms with E-state index in [-0.39, 0.29) is 5.69 Å². The Bertz CT molecular complexity index is 1240. The van der Waals surface area contributed by atoms with Crippen LogP contribution >= 0.6 is 11.3 Å². The molecule has 4 rings (SSSR count). The van der Waals surface area contributed by atoms with Crippen molar-refractivity contribution in [2.24, 2.45) is 0 Å². The van der Waals surface area contributed by atoms with Gasteiger partial charge in [0.25, 0.3) is 5.91 Å². The summed E-state index contributed by atoms with van der Waals surface area (Å²) in [5.41, 5.74) is 2.03. The quantitative estimate of drug-likeness (QED) is 0.471. The van der Waals surface area contributed by atoms with E-state index in [0.29, 0.717) is 22.8 Å². The van der Waals surface area contributed by atoms with Crippen molar-refractivity contribution in [3.63, 3.8) is 0 Å². The Morgan fingerprint density at radius 3 is 2.70 bits per heavy atom. The van der Waals surface area contributed by atoms with Crippen molar-refractivity contribution in [1.82, 2.24) is 15.0 Å². The van der Waals surface area contributed by atoms with Crippen molar-refractivity contribution >= 4 is 49.6 Å². The molecule has 2 aromatic carbocycles. The summed E-state index contributed by atoms with van der Waals surface area (Å²) in [7, 11) is 0. The Morgan fingerprint density at radius 1 is 1.10 bits per heavy atom. The average molecular weight is 422 g/mol. The van der Waals surface area contributed by atoms with Gasteiger partial charge in [-0.05, 0) is 44.2 Å². The second kappa shape index (κ2) is 8.42. The number of ether oxygens (including phenoxy) is 2. The number of carbonyl (C=O) groups excluding carboxylic acids is 2. The summed E-state index contributed by atoms with van der Waals surface area (Å²) < 4.78 is 11.6. The van der Waals surface area contributed by atoms with Crippen molar-refractivity contribution in [3.05, 3.63) is 54.4 Å². The standard InChI is InChI=1S/C21H18N4O4S/c1-3-28-13-8-9-16-18(10-13)30-21(24-16)25-19(26)12(2)29-20(27)17-11-22-14-6-4-5-7-15(14)23-17/h4-12H,3H2,1-2H3,(H,24,25,26). The molecule has 0 spiro atoms. The lowest BCUT2D eigenvalue weighted by Crippen LogP contribution is -2.30. The topological polar surface area (TPSA) is 103 Å². The van der Waals surface area contributed by atoms with Crippen LogP contribution in [0.1, 0.15) is 24.3 Å². The summed E-state index contributed by atoms with van der Waals surface area (Å²) in [5.74, 6) is -0.465. The van der Waals surface area contributed by atoms with Crippen LogP contribution in [-0.2, 0) is 9.53 Å². The molecule has 4 aromatic rings. The van der Waals surface area contributed by atoms with Gasteiger partial charge in [0, 0.05) is 0 Å². The van der Waals surface area contributed by atoms with E-state index < -0.39 is 18.0 Å². The minimum atomic E-state index is -1.03. The van der Waals surface area contributed by atoms with Gasteiger partial charge in [-0.25, -0.2) is 14.8 Å². The van der Waals surface area contributed by atoms with Gasteiger partial charge in [0.05, 0.1) is 34.1 Å². The van der Waals surface area contributed by atoms with Gasteiger partial charge in [0.15, 0.2) is 16.9 Å². The Labute approximate surface area is 175 Å². The van der Waals surface area contributed by atoms with Crippen molar-refractivity contribution in [2.45, 2.75) is 20.0 Å². The molecule has 0 fully saturated rings. The molecule has 1 atom stereocenters. The van der Waals surface area contributed by atoms with Crippen LogP contribution in [0.5, 0.6) is 5.75 Å². The van der Waals surface area contributed by atoms with E-state index in [1.807, 2.05) is 31.2 Å². The minimum Gasteiger partial charge on any atom is -0.494 e. The third kappa shape index (κ3) is 4.20. The first-order valence-corrected chi connectivity index (χ1v) is 10.1. The molecule has 2 heterocycles. The minimum absolute atomic E-state index is 0.0387. The first kappa shape index (κ1) is 19.7. The summed E-state index contributed by atoms with van der Waals surface area (Å²) in [4.78, 5) is 37.6. The fourth-order valence-corrected chi connectivity index (χ4v) is 3.65. The number of hydrogen-bond acceptors (Lipinski definition) is 8. The number of rotatable bonds is 6. The number of hydrogen-bond donors (Lipinski definition) is 1. The zero-order valence-electron chi connectivity index (χ0n) is 16.3. The van der Waals surface area contributed by atoms with Gasteiger partial charge in [0.2, 0.25) is 0 Å². The lowest BCUT2D eigenvalue weighted by atomic mass is 10.3. The highest BCUT2D eigenvalue weighted by molar-refractivity contribution is 7.22. The van der Waals surface area contributed by atoms with E-state index in [2.05, 4.69) is 20.3 Å². The Balaban J connectivity index is 1.42. The molecule has 152 valence electrons. The van der Waals surface area contributed by atoms with Crippen LogP contribution < -0.4 is 10.1 Å². The van der Waals surface area contributed by atoms with Crippen molar-refractivity contribution in [1.29, 1.82) is 0 Å². The largest absolute Gasteiger partial charge is 0.494 e. The Morgan fingerprint density at radius 2 is 1.90 bits per heavy atom. The number of carbonyl (C=O) groups is 2. The first-order chi connectivity index (χ1) is 14.5. The number of benzene rings is 2. The molecule has 2 aromatic heterocycles. The van der Waals surface area contributed by atoms with Crippen LogP contribution in [0, 0.1) is 0 Å². The smallest absolute Gasteiger partial charge is 0.359 e. The molecule has 0 radical (unpaired) electrons. The number of aromatic nitrogens is 3. The fourth-order valence-electron chi connectivity index (χ4n) is 2.75. The fraction of sp³-hybridized carbons (Fsp3) is 0.190. The van der Waals surface area contributed by atoms with Crippen LogP contribution in [0.15, 0.2) is 48.7 Å². The lowest BCUT2D eigenvalue weighted by Gasteiger charge is -2.12. The summed E-state index contributed by atoms with van der Waals surface area (Å²) >= 11 is 1.31. The number of nitrogens with one attached hydrogen (secondary N) is 1. The second-order valence-electron chi connectivity index (χ2n) is 6.36. The number of thiazole rings is 1. The number of fused-ring (bicyclic) bond motifs is 2. The zero-order chi connectivity index (χ0) is 21.1. The number of nitrogens with zero attached hydrogens (tertiary/aromatic N) is 3.